The Morgan fingerprint density at radius 2 is 1.96 bits per heavy atom. The number of piperazine rings is 1. The minimum absolute atomic E-state index is 0.412. The van der Waals surface area contributed by atoms with E-state index in [-0.39, 0.29) is 0 Å². The van der Waals surface area contributed by atoms with Gasteiger partial charge in [0.15, 0.2) is 0 Å². The Kier molecular flexibility index (Phi) is 4.49. The van der Waals surface area contributed by atoms with Crippen molar-refractivity contribution in [1.82, 2.24) is 14.9 Å². The molecule has 136 valence electrons. The molecule has 0 N–H and O–H groups in total. The molecule has 1 saturated heterocycles. The molecule has 1 aliphatic carbocycles. The number of nitrogens with zero attached hydrogens (tertiary/aromatic N) is 4. The van der Waals surface area contributed by atoms with Crippen LogP contribution in [-0.4, -0.2) is 48.1 Å². The Bertz CT molecular complexity index is 758. The average molecular weight is 359 g/mol. The van der Waals surface area contributed by atoms with E-state index in [1.54, 1.807) is 16.8 Å². The second-order valence-electron chi connectivity index (χ2n) is 8.45. The number of thiophene rings is 1. The third kappa shape index (κ3) is 3.06. The fraction of sp³-hybridized carbons (Fsp3) is 0.700. The van der Waals surface area contributed by atoms with Gasteiger partial charge in [0.05, 0.1) is 5.39 Å². The van der Waals surface area contributed by atoms with Crippen LogP contribution in [-0.2, 0) is 12.8 Å². The van der Waals surface area contributed by atoms with Crippen molar-refractivity contribution in [2.75, 3.05) is 38.1 Å². The van der Waals surface area contributed by atoms with E-state index in [9.17, 15) is 0 Å². The van der Waals surface area contributed by atoms with E-state index < -0.39 is 0 Å². The number of rotatable bonds is 3. The second-order valence-corrected chi connectivity index (χ2v) is 9.54. The van der Waals surface area contributed by atoms with Crippen LogP contribution in [0.4, 0.5) is 5.82 Å². The van der Waals surface area contributed by atoms with E-state index in [0.717, 1.165) is 32.1 Å². The van der Waals surface area contributed by atoms with E-state index in [1.165, 1.54) is 41.7 Å². The number of fused-ring (bicyclic) bond motifs is 3. The van der Waals surface area contributed by atoms with Gasteiger partial charge in [0.1, 0.15) is 17.0 Å². The van der Waals surface area contributed by atoms with Gasteiger partial charge in [0, 0.05) is 31.1 Å². The third-order valence-corrected chi connectivity index (χ3v) is 7.84. The summed E-state index contributed by atoms with van der Waals surface area (Å²) in [5.41, 5.74) is 1.97. The molecule has 4 rings (SSSR count). The summed E-state index contributed by atoms with van der Waals surface area (Å²) < 4.78 is 0. The van der Waals surface area contributed by atoms with Gasteiger partial charge in [-0.2, -0.15) is 0 Å². The molecular formula is C20H30N4S. The zero-order valence-electron chi connectivity index (χ0n) is 16.0. The summed E-state index contributed by atoms with van der Waals surface area (Å²) >= 11 is 1.91. The number of hydrogen-bond acceptors (Lipinski definition) is 5. The zero-order valence-corrected chi connectivity index (χ0v) is 16.8. The molecule has 2 aromatic rings. The summed E-state index contributed by atoms with van der Waals surface area (Å²) in [6.45, 7) is 11.6. The molecule has 25 heavy (non-hydrogen) atoms. The van der Waals surface area contributed by atoms with Crippen molar-refractivity contribution in [1.29, 1.82) is 0 Å². The van der Waals surface area contributed by atoms with Crippen LogP contribution in [0.25, 0.3) is 10.2 Å². The summed E-state index contributed by atoms with van der Waals surface area (Å²) in [7, 11) is 2.21. The van der Waals surface area contributed by atoms with Gasteiger partial charge < -0.3 is 9.80 Å². The largest absolute Gasteiger partial charge is 0.353 e. The zero-order chi connectivity index (χ0) is 17.6. The molecule has 0 bridgehead atoms. The fourth-order valence-electron chi connectivity index (χ4n) is 4.31. The summed E-state index contributed by atoms with van der Waals surface area (Å²) in [5, 5.41) is 1.36. The highest BCUT2D eigenvalue weighted by Crippen LogP contribution is 2.46. The molecule has 5 heteroatoms. The average Bonchev–Trinajstić information content (AvgIpc) is 3.00. The number of aryl methyl sites for hydroxylation is 1. The molecule has 2 aliphatic rings. The minimum Gasteiger partial charge on any atom is -0.353 e. The Balaban J connectivity index is 1.74. The summed E-state index contributed by atoms with van der Waals surface area (Å²) in [4.78, 5) is 17.0. The lowest BCUT2D eigenvalue weighted by Crippen LogP contribution is -2.45. The number of hydrogen-bond donors (Lipinski definition) is 0. The molecule has 0 amide bonds. The first-order chi connectivity index (χ1) is 12.0. The van der Waals surface area contributed by atoms with Crippen molar-refractivity contribution in [2.24, 2.45) is 11.3 Å². The summed E-state index contributed by atoms with van der Waals surface area (Å²) in [6, 6.07) is 0. The van der Waals surface area contributed by atoms with Gasteiger partial charge in [-0.05, 0) is 43.2 Å². The Morgan fingerprint density at radius 1 is 1.20 bits per heavy atom. The lowest BCUT2D eigenvalue weighted by molar-refractivity contribution is 0.184. The smallest absolute Gasteiger partial charge is 0.141 e. The molecule has 0 spiro atoms. The highest BCUT2D eigenvalue weighted by atomic mass is 32.1. The Morgan fingerprint density at radius 3 is 2.68 bits per heavy atom. The molecule has 1 fully saturated rings. The minimum atomic E-state index is 0.412. The number of likely N-dealkylation sites (N-methyl/N-ethyl adjacent to an activating group) is 1. The Hall–Kier alpha value is -1.20. The molecule has 1 unspecified atom stereocenters. The SMILES string of the molecule is CCC(C)(C)C1CCc2sc3ncnc(N4CCN(C)CC4)c3c2C1. The molecular weight excluding hydrogens is 328 g/mol. The maximum Gasteiger partial charge on any atom is 0.141 e. The van der Waals surface area contributed by atoms with Crippen molar-refractivity contribution < 1.29 is 0 Å². The highest BCUT2D eigenvalue weighted by Gasteiger charge is 2.34. The van der Waals surface area contributed by atoms with Crippen molar-refractivity contribution in [3.8, 4) is 0 Å². The monoisotopic (exact) mass is 358 g/mol. The molecule has 1 atom stereocenters. The predicted molar refractivity (Wildman–Crippen MR) is 107 cm³/mol. The summed E-state index contributed by atoms with van der Waals surface area (Å²) in [5.74, 6) is 1.95. The highest BCUT2D eigenvalue weighted by molar-refractivity contribution is 7.19. The fourth-order valence-corrected chi connectivity index (χ4v) is 5.48. The van der Waals surface area contributed by atoms with Crippen LogP contribution in [0.1, 0.15) is 44.1 Å². The van der Waals surface area contributed by atoms with E-state index in [0.29, 0.717) is 5.41 Å². The van der Waals surface area contributed by atoms with Crippen LogP contribution in [0.15, 0.2) is 6.33 Å². The molecule has 4 nitrogen and oxygen atoms in total. The van der Waals surface area contributed by atoms with Crippen LogP contribution in [0.5, 0.6) is 0 Å². The molecule has 0 radical (unpaired) electrons. The van der Waals surface area contributed by atoms with Crippen molar-refractivity contribution in [2.45, 2.75) is 46.5 Å². The first-order valence-corrected chi connectivity index (χ1v) is 10.5. The van der Waals surface area contributed by atoms with Crippen LogP contribution in [0.3, 0.4) is 0 Å². The second kappa shape index (κ2) is 6.51. The van der Waals surface area contributed by atoms with Gasteiger partial charge in [-0.1, -0.05) is 27.2 Å². The van der Waals surface area contributed by atoms with Gasteiger partial charge in [0.2, 0.25) is 0 Å². The van der Waals surface area contributed by atoms with Crippen molar-refractivity contribution in [3.05, 3.63) is 16.8 Å². The summed E-state index contributed by atoms with van der Waals surface area (Å²) in [6.07, 6.45) is 6.75. The maximum atomic E-state index is 4.75. The van der Waals surface area contributed by atoms with Crippen molar-refractivity contribution >= 4 is 27.4 Å². The molecule has 3 heterocycles. The van der Waals surface area contributed by atoms with Gasteiger partial charge in [-0.3, -0.25) is 0 Å². The van der Waals surface area contributed by atoms with Gasteiger partial charge in [0.25, 0.3) is 0 Å². The number of anilines is 1. The standard InChI is InChI=1S/C20H30N4S/c1-5-20(2,3)14-6-7-16-15(12-14)17-18(21-13-22-19(17)25-16)24-10-8-23(4)9-11-24/h13-14H,5-12H2,1-4H3. The normalized spacial score (nSPS) is 22.4. The molecule has 2 aromatic heterocycles. The maximum absolute atomic E-state index is 4.75. The van der Waals surface area contributed by atoms with Gasteiger partial charge in [-0.15, -0.1) is 11.3 Å². The third-order valence-electron chi connectivity index (χ3n) is 6.64. The van der Waals surface area contributed by atoms with E-state index in [4.69, 9.17) is 4.98 Å². The topological polar surface area (TPSA) is 32.3 Å². The molecule has 1 aliphatic heterocycles. The Labute approximate surface area is 155 Å². The quantitative estimate of drug-likeness (QED) is 0.831. The van der Waals surface area contributed by atoms with Crippen molar-refractivity contribution in [3.63, 3.8) is 0 Å². The van der Waals surface area contributed by atoms with Gasteiger partial charge >= 0.3 is 0 Å². The van der Waals surface area contributed by atoms with Crippen LogP contribution >= 0.6 is 11.3 Å². The first-order valence-electron chi connectivity index (χ1n) is 9.68. The van der Waals surface area contributed by atoms with Crippen LogP contribution < -0.4 is 4.90 Å². The van der Waals surface area contributed by atoms with E-state index in [2.05, 4.69) is 42.6 Å². The molecule has 0 saturated carbocycles. The lowest BCUT2D eigenvalue weighted by Gasteiger charge is -2.37. The van der Waals surface area contributed by atoms with E-state index >= 15 is 0 Å². The van der Waals surface area contributed by atoms with E-state index in [1.807, 2.05) is 11.3 Å². The van der Waals surface area contributed by atoms with Gasteiger partial charge in [-0.25, -0.2) is 9.97 Å². The molecule has 0 aromatic carbocycles. The van der Waals surface area contributed by atoms with Crippen LogP contribution in [0, 0.1) is 11.3 Å². The predicted octanol–water partition coefficient (Wildman–Crippen LogP) is 3.98. The lowest BCUT2D eigenvalue weighted by atomic mass is 9.69. The van der Waals surface area contributed by atoms with Crippen LogP contribution in [0.2, 0.25) is 0 Å². The number of aromatic nitrogens is 2. The first kappa shape index (κ1) is 17.2.